The summed E-state index contributed by atoms with van der Waals surface area (Å²) in [4.78, 5) is 23.1. The topological polar surface area (TPSA) is 81.5 Å². The number of nitrogens with one attached hydrogen (secondary N) is 1. The summed E-state index contributed by atoms with van der Waals surface area (Å²) in [5.74, 6) is 0.632. The van der Waals surface area contributed by atoms with E-state index >= 15 is 0 Å². The Hall–Kier alpha value is -3.20. The average Bonchev–Trinajstić information content (AvgIpc) is 3.42. The van der Waals surface area contributed by atoms with E-state index < -0.39 is 5.82 Å². The van der Waals surface area contributed by atoms with E-state index in [0.29, 0.717) is 23.0 Å². The van der Waals surface area contributed by atoms with Crippen molar-refractivity contribution < 1.29 is 18.7 Å². The third-order valence-electron chi connectivity index (χ3n) is 5.65. The second-order valence-corrected chi connectivity index (χ2v) is 8.09. The molecule has 3 heterocycles. The third-order valence-corrected chi connectivity index (χ3v) is 5.65. The summed E-state index contributed by atoms with van der Waals surface area (Å²) < 4.78 is 26.8. The summed E-state index contributed by atoms with van der Waals surface area (Å²) in [6, 6.07) is 3.69. The summed E-state index contributed by atoms with van der Waals surface area (Å²) in [6.45, 7) is 0.901. The van der Waals surface area contributed by atoms with Gasteiger partial charge in [-0.1, -0.05) is 0 Å². The molecule has 1 aliphatic carbocycles. The summed E-state index contributed by atoms with van der Waals surface area (Å²) in [5.41, 5.74) is 1.89. The zero-order valence-electron chi connectivity index (χ0n) is 18.3. The Kier molecular flexibility index (Phi) is 5.53. The number of methoxy groups -OCH3 is 2. The van der Waals surface area contributed by atoms with Crippen molar-refractivity contribution in [1.82, 2.24) is 19.4 Å². The highest BCUT2D eigenvalue weighted by atomic mass is 19.1. The maximum Gasteiger partial charge on any atom is 0.228 e. The molecule has 0 saturated heterocycles. The molecule has 31 heavy (non-hydrogen) atoms. The molecule has 2 unspecified atom stereocenters. The van der Waals surface area contributed by atoms with Gasteiger partial charge in [0.2, 0.25) is 11.8 Å². The minimum absolute atomic E-state index is 0.00692. The fourth-order valence-electron chi connectivity index (χ4n) is 4.04. The van der Waals surface area contributed by atoms with Crippen LogP contribution in [0.1, 0.15) is 6.42 Å². The standard InChI is InChI=1S/C22H26FN5O3/c1-27(2)11-13-6-14(13)21(29)26-18-8-12-7-16(28(3)17(12)10-24-18)19-20(30-4)15(23)9-25-22(19)31-5/h7-10,13-14H,6,11H2,1-5H3,(H,24,26,29). The Balaban J connectivity index is 1.65. The van der Waals surface area contributed by atoms with Crippen LogP contribution in [-0.2, 0) is 11.8 Å². The molecule has 1 aliphatic rings. The number of anilines is 1. The predicted octanol–water partition coefficient (Wildman–Crippen LogP) is 2.93. The zero-order chi connectivity index (χ0) is 22.3. The van der Waals surface area contributed by atoms with Gasteiger partial charge in [-0.2, -0.15) is 0 Å². The molecule has 3 aromatic rings. The number of rotatable bonds is 7. The minimum Gasteiger partial charge on any atom is -0.493 e. The Labute approximate surface area is 180 Å². The van der Waals surface area contributed by atoms with Crippen LogP contribution in [0.3, 0.4) is 0 Å². The SMILES string of the molecule is COc1ncc(F)c(OC)c1-c1cc2cc(NC(=O)C3CC3CN(C)C)ncc2n1C. The third kappa shape index (κ3) is 3.93. The minimum atomic E-state index is -0.577. The van der Waals surface area contributed by atoms with Crippen molar-refractivity contribution in [3.63, 3.8) is 0 Å². The molecule has 0 bridgehead atoms. The molecule has 1 amide bonds. The lowest BCUT2D eigenvalue weighted by atomic mass is 10.1. The lowest BCUT2D eigenvalue weighted by molar-refractivity contribution is -0.117. The predicted molar refractivity (Wildman–Crippen MR) is 116 cm³/mol. The van der Waals surface area contributed by atoms with Crippen LogP contribution in [0.4, 0.5) is 10.2 Å². The van der Waals surface area contributed by atoms with E-state index in [9.17, 15) is 9.18 Å². The van der Waals surface area contributed by atoms with Gasteiger partial charge in [-0.05, 0) is 38.6 Å². The summed E-state index contributed by atoms with van der Waals surface area (Å²) >= 11 is 0. The second-order valence-electron chi connectivity index (χ2n) is 8.09. The maximum absolute atomic E-state index is 14.3. The Bertz CT molecular complexity index is 1140. The van der Waals surface area contributed by atoms with E-state index in [1.807, 2.05) is 37.8 Å². The lowest BCUT2D eigenvalue weighted by Crippen LogP contribution is -2.20. The summed E-state index contributed by atoms with van der Waals surface area (Å²) in [5, 5.41) is 3.77. The quantitative estimate of drug-likeness (QED) is 0.625. The highest BCUT2D eigenvalue weighted by Crippen LogP contribution is 2.41. The van der Waals surface area contributed by atoms with Crippen molar-refractivity contribution in [1.29, 1.82) is 0 Å². The second kappa shape index (κ2) is 8.14. The van der Waals surface area contributed by atoms with Gasteiger partial charge < -0.3 is 24.3 Å². The molecular weight excluding hydrogens is 401 g/mol. The molecule has 4 rings (SSSR count). The number of hydrogen-bond donors (Lipinski definition) is 1. The van der Waals surface area contributed by atoms with Crippen molar-refractivity contribution in [3.8, 4) is 22.9 Å². The van der Waals surface area contributed by atoms with E-state index in [1.54, 1.807) is 6.20 Å². The number of nitrogens with zero attached hydrogens (tertiary/aromatic N) is 4. The van der Waals surface area contributed by atoms with Gasteiger partial charge in [-0.3, -0.25) is 4.79 Å². The first kappa shape index (κ1) is 21.0. The first-order valence-corrected chi connectivity index (χ1v) is 10.0. The van der Waals surface area contributed by atoms with E-state index in [2.05, 4.69) is 20.2 Å². The van der Waals surface area contributed by atoms with Crippen LogP contribution < -0.4 is 14.8 Å². The van der Waals surface area contributed by atoms with Gasteiger partial charge in [-0.25, -0.2) is 14.4 Å². The van der Waals surface area contributed by atoms with Crippen LogP contribution in [0, 0.1) is 17.7 Å². The molecule has 1 fully saturated rings. The lowest BCUT2D eigenvalue weighted by Gasteiger charge is -2.13. The molecule has 164 valence electrons. The van der Waals surface area contributed by atoms with Crippen LogP contribution in [0.2, 0.25) is 0 Å². The number of carbonyl (C=O) groups excluding carboxylic acids is 1. The molecule has 0 spiro atoms. The molecule has 3 aromatic heterocycles. The molecule has 0 aromatic carbocycles. The number of hydrogen-bond acceptors (Lipinski definition) is 6. The average molecular weight is 427 g/mol. The normalized spacial score (nSPS) is 17.8. The summed E-state index contributed by atoms with van der Waals surface area (Å²) in [6.07, 6.45) is 3.65. The number of carbonyl (C=O) groups is 1. The van der Waals surface area contributed by atoms with Crippen LogP contribution in [-0.4, -0.2) is 60.2 Å². The number of fused-ring (bicyclic) bond motifs is 1. The molecule has 0 aliphatic heterocycles. The van der Waals surface area contributed by atoms with Gasteiger partial charge in [-0.15, -0.1) is 0 Å². The molecular formula is C22H26FN5O3. The smallest absolute Gasteiger partial charge is 0.228 e. The van der Waals surface area contributed by atoms with Crippen LogP contribution in [0.25, 0.3) is 22.2 Å². The van der Waals surface area contributed by atoms with Gasteiger partial charge >= 0.3 is 0 Å². The van der Waals surface area contributed by atoms with E-state index in [1.165, 1.54) is 14.2 Å². The van der Waals surface area contributed by atoms with Gasteiger partial charge in [0, 0.05) is 24.9 Å². The maximum atomic E-state index is 14.3. The first-order valence-electron chi connectivity index (χ1n) is 10.0. The van der Waals surface area contributed by atoms with E-state index in [-0.39, 0.29) is 23.5 Å². The van der Waals surface area contributed by atoms with Crippen molar-refractivity contribution in [2.45, 2.75) is 6.42 Å². The molecule has 9 heteroatoms. The molecule has 1 N–H and O–H groups in total. The largest absolute Gasteiger partial charge is 0.493 e. The molecule has 1 saturated carbocycles. The number of aryl methyl sites for hydroxylation is 1. The van der Waals surface area contributed by atoms with Gasteiger partial charge in [0.05, 0.1) is 37.8 Å². The number of halogens is 1. The monoisotopic (exact) mass is 427 g/mol. The zero-order valence-corrected chi connectivity index (χ0v) is 18.3. The number of aromatic nitrogens is 3. The Morgan fingerprint density at radius 1 is 1.26 bits per heavy atom. The van der Waals surface area contributed by atoms with E-state index in [0.717, 1.165) is 30.1 Å². The van der Waals surface area contributed by atoms with Crippen molar-refractivity contribution in [2.24, 2.45) is 18.9 Å². The van der Waals surface area contributed by atoms with Gasteiger partial charge in [0.25, 0.3) is 0 Å². The van der Waals surface area contributed by atoms with Crippen LogP contribution in [0.15, 0.2) is 24.5 Å². The number of amides is 1. The van der Waals surface area contributed by atoms with Crippen molar-refractivity contribution in [3.05, 3.63) is 30.3 Å². The van der Waals surface area contributed by atoms with Crippen molar-refractivity contribution >= 4 is 22.6 Å². The highest BCUT2D eigenvalue weighted by molar-refractivity contribution is 5.96. The van der Waals surface area contributed by atoms with Crippen LogP contribution in [0.5, 0.6) is 11.6 Å². The van der Waals surface area contributed by atoms with Gasteiger partial charge in [0.1, 0.15) is 11.4 Å². The fraction of sp³-hybridized carbons (Fsp3) is 0.409. The highest BCUT2D eigenvalue weighted by Gasteiger charge is 2.43. The van der Waals surface area contributed by atoms with E-state index in [4.69, 9.17) is 9.47 Å². The molecule has 0 radical (unpaired) electrons. The number of ether oxygens (including phenoxy) is 2. The molecule has 2 atom stereocenters. The Morgan fingerprint density at radius 3 is 2.71 bits per heavy atom. The Morgan fingerprint density at radius 2 is 2.03 bits per heavy atom. The van der Waals surface area contributed by atoms with Gasteiger partial charge in [0.15, 0.2) is 11.6 Å². The number of pyridine rings is 2. The first-order chi connectivity index (χ1) is 14.8. The van der Waals surface area contributed by atoms with Crippen LogP contribution >= 0.6 is 0 Å². The van der Waals surface area contributed by atoms with Crippen molar-refractivity contribution in [2.75, 3.05) is 40.2 Å². The molecule has 8 nitrogen and oxygen atoms in total. The fourth-order valence-corrected chi connectivity index (χ4v) is 4.04. The summed E-state index contributed by atoms with van der Waals surface area (Å²) in [7, 11) is 8.74.